The van der Waals surface area contributed by atoms with Gasteiger partial charge in [-0.15, -0.1) is 0 Å². The second kappa shape index (κ2) is 7.80. The third-order valence-electron chi connectivity index (χ3n) is 5.32. The average Bonchev–Trinajstić information content (AvgIpc) is 2.93. The molecule has 1 heterocycles. The minimum atomic E-state index is -0.934. The van der Waals surface area contributed by atoms with Crippen LogP contribution in [-0.2, 0) is 4.79 Å². The number of aromatic nitrogens is 1. The van der Waals surface area contributed by atoms with E-state index >= 15 is 0 Å². The van der Waals surface area contributed by atoms with Gasteiger partial charge in [0.1, 0.15) is 5.75 Å². The van der Waals surface area contributed by atoms with E-state index in [1.165, 1.54) is 6.07 Å². The summed E-state index contributed by atoms with van der Waals surface area (Å²) in [5.74, 6) is -2.03. The molecule has 0 bridgehead atoms. The average molecular weight is 444 g/mol. The maximum atomic E-state index is 13.3. The lowest BCUT2D eigenvalue weighted by molar-refractivity contribution is -0.140. The first kappa shape index (κ1) is 20.1. The standard InChI is InChI=1S/C22H22BrNO4/c1-4-12(2)19(22(27)28)20-13(3)24(18-10-9-16(25)11-17(18)20)21(26)14-5-7-15(23)8-6-14/h5-12,19,25H,4H2,1-3H3,(H,27,28)/t12-,19?/m0/s1. The minimum Gasteiger partial charge on any atom is -0.508 e. The van der Waals surface area contributed by atoms with Gasteiger partial charge in [-0.3, -0.25) is 14.2 Å². The van der Waals surface area contributed by atoms with Gasteiger partial charge in [0.2, 0.25) is 0 Å². The number of carboxylic acid groups (broad SMARTS) is 1. The Bertz CT molecular complexity index is 1050. The number of halogens is 1. The normalized spacial score (nSPS) is 13.4. The summed E-state index contributed by atoms with van der Waals surface area (Å²) >= 11 is 3.36. The number of aromatic hydroxyl groups is 1. The maximum Gasteiger partial charge on any atom is 0.311 e. The largest absolute Gasteiger partial charge is 0.508 e. The van der Waals surface area contributed by atoms with Crippen LogP contribution in [0.5, 0.6) is 5.75 Å². The van der Waals surface area contributed by atoms with E-state index in [0.717, 1.165) is 4.47 Å². The topological polar surface area (TPSA) is 79.5 Å². The van der Waals surface area contributed by atoms with Crippen molar-refractivity contribution < 1.29 is 19.8 Å². The molecule has 0 spiro atoms. The number of benzene rings is 2. The van der Waals surface area contributed by atoms with Crippen LogP contribution < -0.4 is 0 Å². The van der Waals surface area contributed by atoms with E-state index in [1.807, 2.05) is 13.8 Å². The molecule has 3 aromatic rings. The van der Waals surface area contributed by atoms with Gasteiger partial charge in [0.15, 0.2) is 0 Å². The van der Waals surface area contributed by atoms with Crippen LogP contribution in [0.1, 0.15) is 47.8 Å². The summed E-state index contributed by atoms with van der Waals surface area (Å²) in [6.45, 7) is 5.60. The second-order valence-electron chi connectivity index (χ2n) is 7.05. The predicted molar refractivity (Wildman–Crippen MR) is 112 cm³/mol. The number of carbonyl (C=O) groups excluding carboxylic acids is 1. The van der Waals surface area contributed by atoms with Gasteiger partial charge in [0.05, 0.1) is 11.4 Å². The Labute approximate surface area is 171 Å². The number of carbonyl (C=O) groups is 2. The molecule has 3 rings (SSSR count). The minimum absolute atomic E-state index is 0.0373. The molecule has 0 aliphatic rings. The summed E-state index contributed by atoms with van der Waals surface area (Å²) < 4.78 is 2.41. The van der Waals surface area contributed by atoms with Crippen molar-refractivity contribution in [1.29, 1.82) is 0 Å². The van der Waals surface area contributed by atoms with Crippen LogP contribution in [0.15, 0.2) is 46.9 Å². The molecule has 28 heavy (non-hydrogen) atoms. The van der Waals surface area contributed by atoms with E-state index in [9.17, 15) is 19.8 Å². The van der Waals surface area contributed by atoms with E-state index in [-0.39, 0.29) is 17.6 Å². The van der Waals surface area contributed by atoms with E-state index in [0.29, 0.717) is 34.1 Å². The highest BCUT2D eigenvalue weighted by Gasteiger charge is 2.32. The number of phenols is 1. The molecule has 2 aromatic carbocycles. The van der Waals surface area contributed by atoms with Crippen LogP contribution in [0, 0.1) is 12.8 Å². The molecular formula is C22H22BrNO4. The molecule has 0 radical (unpaired) electrons. The monoisotopic (exact) mass is 443 g/mol. The van der Waals surface area contributed by atoms with Crippen molar-refractivity contribution in [3.8, 4) is 5.75 Å². The number of fused-ring (bicyclic) bond motifs is 1. The zero-order valence-electron chi connectivity index (χ0n) is 15.9. The SMILES string of the molecule is CC[C@H](C)C(C(=O)O)c1c(C)n(C(=O)c2ccc(Br)cc2)c2ccc(O)cc12. The molecule has 0 fully saturated rings. The van der Waals surface area contributed by atoms with Gasteiger partial charge in [-0.25, -0.2) is 0 Å². The Kier molecular flexibility index (Phi) is 5.61. The van der Waals surface area contributed by atoms with Crippen molar-refractivity contribution in [1.82, 2.24) is 4.57 Å². The first-order chi connectivity index (χ1) is 13.3. The van der Waals surface area contributed by atoms with Gasteiger partial charge in [-0.2, -0.15) is 0 Å². The molecule has 0 saturated heterocycles. The van der Waals surface area contributed by atoms with Crippen LogP contribution in [0.3, 0.4) is 0 Å². The molecule has 0 amide bonds. The molecule has 1 unspecified atom stereocenters. The van der Waals surface area contributed by atoms with Gasteiger partial charge >= 0.3 is 5.97 Å². The van der Waals surface area contributed by atoms with Crippen molar-refractivity contribution in [2.24, 2.45) is 5.92 Å². The van der Waals surface area contributed by atoms with Gasteiger partial charge < -0.3 is 10.2 Å². The lowest BCUT2D eigenvalue weighted by Gasteiger charge is -2.20. The summed E-state index contributed by atoms with van der Waals surface area (Å²) in [7, 11) is 0. The highest BCUT2D eigenvalue weighted by Crippen LogP contribution is 2.38. The summed E-state index contributed by atoms with van der Waals surface area (Å²) in [6, 6.07) is 11.7. The predicted octanol–water partition coefficient (Wildman–Crippen LogP) is 5.32. The molecular weight excluding hydrogens is 422 g/mol. The number of phenolic OH excluding ortho intramolecular Hbond substituents is 1. The molecule has 0 aliphatic heterocycles. The fraction of sp³-hybridized carbons (Fsp3) is 0.273. The van der Waals surface area contributed by atoms with Gasteiger partial charge in [0.25, 0.3) is 5.91 Å². The Morgan fingerprint density at radius 1 is 1.14 bits per heavy atom. The first-order valence-corrected chi connectivity index (χ1v) is 9.92. The number of hydrogen-bond donors (Lipinski definition) is 2. The zero-order chi connectivity index (χ0) is 20.6. The van der Waals surface area contributed by atoms with Gasteiger partial charge in [0, 0.05) is 21.1 Å². The van der Waals surface area contributed by atoms with Crippen molar-refractivity contribution >= 4 is 38.7 Å². The Balaban J connectivity index is 2.30. The lowest BCUT2D eigenvalue weighted by atomic mass is 9.84. The smallest absolute Gasteiger partial charge is 0.311 e. The second-order valence-corrected chi connectivity index (χ2v) is 7.97. The van der Waals surface area contributed by atoms with E-state index in [1.54, 1.807) is 47.9 Å². The van der Waals surface area contributed by atoms with Crippen LogP contribution in [-0.4, -0.2) is 26.7 Å². The molecule has 6 heteroatoms. The highest BCUT2D eigenvalue weighted by atomic mass is 79.9. The Hall–Kier alpha value is -2.60. The molecule has 0 aliphatic carbocycles. The molecule has 0 saturated carbocycles. The summed E-state index contributed by atoms with van der Waals surface area (Å²) in [4.78, 5) is 25.4. The Morgan fingerprint density at radius 3 is 2.36 bits per heavy atom. The fourth-order valence-electron chi connectivity index (χ4n) is 3.69. The van der Waals surface area contributed by atoms with Crippen LogP contribution in [0.2, 0.25) is 0 Å². The molecule has 2 N–H and O–H groups in total. The molecule has 5 nitrogen and oxygen atoms in total. The van der Waals surface area contributed by atoms with Crippen molar-refractivity contribution in [2.75, 3.05) is 0 Å². The van der Waals surface area contributed by atoms with Gasteiger partial charge in [-0.1, -0.05) is 36.2 Å². The van der Waals surface area contributed by atoms with Crippen molar-refractivity contribution in [2.45, 2.75) is 33.1 Å². The summed E-state index contributed by atoms with van der Waals surface area (Å²) in [5, 5.41) is 20.5. The lowest BCUT2D eigenvalue weighted by Crippen LogP contribution is -2.21. The van der Waals surface area contributed by atoms with Crippen LogP contribution in [0.4, 0.5) is 0 Å². The molecule has 2 atom stereocenters. The van der Waals surface area contributed by atoms with E-state index in [2.05, 4.69) is 15.9 Å². The van der Waals surface area contributed by atoms with E-state index < -0.39 is 11.9 Å². The van der Waals surface area contributed by atoms with Crippen molar-refractivity contribution in [3.05, 3.63) is 63.8 Å². The fourth-order valence-corrected chi connectivity index (χ4v) is 3.96. The number of hydrogen-bond acceptors (Lipinski definition) is 3. The third-order valence-corrected chi connectivity index (χ3v) is 5.85. The molecule has 1 aromatic heterocycles. The van der Waals surface area contributed by atoms with Gasteiger partial charge in [-0.05, 0) is 60.9 Å². The number of rotatable bonds is 5. The quantitative estimate of drug-likeness (QED) is 0.558. The Morgan fingerprint density at radius 2 is 1.79 bits per heavy atom. The van der Waals surface area contributed by atoms with Crippen LogP contribution in [0.25, 0.3) is 10.9 Å². The summed E-state index contributed by atoms with van der Waals surface area (Å²) in [6.07, 6.45) is 0.683. The highest BCUT2D eigenvalue weighted by molar-refractivity contribution is 9.10. The maximum absolute atomic E-state index is 13.3. The number of carboxylic acids is 1. The van der Waals surface area contributed by atoms with Crippen LogP contribution >= 0.6 is 15.9 Å². The third kappa shape index (κ3) is 3.44. The summed E-state index contributed by atoms with van der Waals surface area (Å²) in [5.41, 5.74) is 2.26. The molecule has 146 valence electrons. The first-order valence-electron chi connectivity index (χ1n) is 9.13. The van der Waals surface area contributed by atoms with E-state index in [4.69, 9.17) is 0 Å². The number of nitrogens with zero attached hydrogens (tertiary/aromatic N) is 1. The number of aliphatic carboxylic acids is 1. The van der Waals surface area contributed by atoms with Crippen molar-refractivity contribution in [3.63, 3.8) is 0 Å². The zero-order valence-corrected chi connectivity index (χ0v) is 17.5.